The Bertz CT molecular complexity index is 239. The first-order valence-electron chi connectivity index (χ1n) is 3.40. The maximum absolute atomic E-state index is 8.75. The molecule has 0 radical (unpaired) electrons. The SMILES string of the molecule is N[C@@H](CO)c1ccccc1S. The van der Waals surface area contributed by atoms with Crippen LogP contribution in [0.4, 0.5) is 0 Å². The molecule has 0 saturated heterocycles. The first kappa shape index (κ1) is 8.59. The minimum Gasteiger partial charge on any atom is -0.394 e. The van der Waals surface area contributed by atoms with Gasteiger partial charge in [0.2, 0.25) is 0 Å². The van der Waals surface area contributed by atoms with E-state index in [0.717, 1.165) is 10.5 Å². The quantitative estimate of drug-likeness (QED) is 0.578. The molecule has 0 heterocycles. The van der Waals surface area contributed by atoms with Crippen molar-refractivity contribution in [3.8, 4) is 0 Å². The Morgan fingerprint density at radius 3 is 2.64 bits per heavy atom. The second-order valence-corrected chi connectivity index (χ2v) is 2.83. The van der Waals surface area contributed by atoms with Crippen molar-refractivity contribution in [2.75, 3.05) is 6.61 Å². The minimum atomic E-state index is -0.316. The van der Waals surface area contributed by atoms with Crippen LogP contribution in [0.5, 0.6) is 0 Å². The van der Waals surface area contributed by atoms with Gasteiger partial charge >= 0.3 is 0 Å². The lowest BCUT2D eigenvalue weighted by Gasteiger charge is -2.09. The van der Waals surface area contributed by atoms with Crippen LogP contribution < -0.4 is 5.73 Å². The molecule has 2 nitrogen and oxygen atoms in total. The second-order valence-electron chi connectivity index (χ2n) is 2.35. The summed E-state index contributed by atoms with van der Waals surface area (Å²) in [5, 5.41) is 8.75. The zero-order chi connectivity index (χ0) is 8.27. The van der Waals surface area contributed by atoms with Crippen LogP contribution in [-0.4, -0.2) is 11.7 Å². The summed E-state index contributed by atoms with van der Waals surface area (Å²) >= 11 is 4.20. The number of rotatable bonds is 2. The fourth-order valence-electron chi connectivity index (χ4n) is 0.899. The van der Waals surface area contributed by atoms with Crippen molar-refractivity contribution in [1.82, 2.24) is 0 Å². The molecule has 0 aliphatic rings. The van der Waals surface area contributed by atoms with E-state index in [0.29, 0.717) is 0 Å². The lowest BCUT2D eigenvalue weighted by molar-refractivity contribution is 0.267. The monoisotopic (exact) mass is 169 g/mol. The number of benzene rings is 1. The van der Waals surface area contributed by atoms with Gasteiger partial charge in [-0.15, -0.1) is 12.6 Å². The Hall–Kier alpha value is -0.510. The standard InChI is InChI=1S/C8H11NOS/c9-7(5-10)6-3-1-2-4-8(6)11/h1-4,7,10-11H,5,9H2/t7-/m0/s1. The molecular weight excluding hydrogens is 158 g/mol. The van der Waals surface area contributed by atoms with E-state index in [-0.39, 0.29) is 12.6 Å². The molecule has 0 unspecified atom stereocenters. The summed E-state index contributed by atoms with van der Waals surface area (Å²) in [7, 11) is 0. The summed E-state index contributed by atoms with van der Waals surface area (Å²) in [5.41, 5.74) is 6.48. The Morgan fingerprint density at radius 2 is 2.09 bits per heavy atom. The van der Waals surface area contributed by atoms with E-state index in [9.17, 15) is 0 Å². The van der Waals surface area contributed by atoms with Gasteiger partial charge in [-0.1, -0.05) is 18.2 Å². The van der Waals surface area contributed by atoms with Gasteiger partial charge in [-0.25, -0.2) is 0 Å². The van der Waals surface area contributed by atoms with Gasteiger partial charge in [0.05, 0.1) is 12.6 Å². The Kier molecular flexibility index (Phi) is 2.93. The lowest BCUT2D eigenvalue weighted by atomic mass is 10.1. The van der Waals surface area contributed by atoms with Crippen LogP contribution in [-0.2, 0) is 0 Å². The average Bonchev–Trinajstić information content (AvgIpc) is 2.04. The van der Waals surface area contributed by atoms with E-state index in [1.807, 2.05) is 24.3 Å². The normalized spacial score (nSPS) is 13.0. The summed E-state index contributed by atoms with van der Waals surface area (Å²) in [5.74, 6) is 0. The van der Waals surface area contributed by atoms with Gasteiger partial charge < -0.3 is 10.8 Å². The first-order valence-corrected chi connectivity index (χ1v) is 3.84. The van der Waals surface area contributed by atoms with Crippen molar-refractivity contribution >= 4 is 12.6 Å². The second kappa shape index (κ2) is 3.76. The molecule has 0 fully saturated rings. The van der Waals surface area contributed by atoms with E-state index < -0.39 is 0 Å². The largest absolute Gasteiger partial charge is 0.394 e. The molecule has 0 spiro atoms. The number of aliphatic hydroxyl groups is 1. The number of thiol groups is 1. The highest BCUT2D eigenvalue weighted by molar-refractivity contribution is 7.80. The topological polar surface area (TPSA) is 46.2 Å². The van der Waals surface area contributed by atoms with Gasteiger partial charge in [0.25, 0.3) is 0 Å². The summed E-state index contributed by atoms with van der Waals surface area (Å²) in [6, 6.07) is 7.17. The van der Waals surface area contributed by atoms with Gasteiger partial charge in [-0.05, 0) is 11.6 Å². The van der Waals surface area contributed by atoms with Crippen LogP contribution in [0.3, 0.4) is 0 Å². The molecule has 1 aromatic carbocycles. The molecule has 0 aliphatic heterocycles. The zero-order valence-corrected chi connectivity index (χ0v) is 6.96. The Labute approximate surface area is 71.5 Å². The molecule has 1 atom stereocenters. The van der Waals surface area contributed by atoms with Crippen LogP contribution in [0.25, 0.3) is 0 Å². The summed E-state index contributed by atoms with van der Waals surface area (Å²) < 4.78 is 0. The van der Waals surface area contributed by atoms with Gasteiger partial charge in [-0.2, -0.15) is 0 Å². The van der Waals surface area contributed by atoms with Crippen LogP contribution in [0.15, 0.2) is 29.2 Å². The molecule has 0 saturated carbocycles. The van der Waals surface area contributed by atoms with Gasteiger partial charge in [0.1, 0.15) is 0 Å². The predicted octanol–water partition coefficient (Wildman–Crippen LogP) is 0.967. The Morgan fingerprint density at radius 1 is 1.45 bits per heavy atom. The molecule has 3 heteroatoms. The first-order chi connectivity index (χ1) is 5.25. The van der Waals surface area contributed by atoms with Crippen LogP contribution in [0.2, 0.25) is 0 Å². The van der Waals surface area contributed by atoms with Crippen molar-refractivity contribution in [1.29, 1.82) is 0 Å². The fraction of sp³-hybridized carbons (Fsp3) is 0.250. The van der Waals surface area contributed by atoms with E-state index in [4.69, 9.17) is 10.8 Å². The highest BCUT2D eigenvalue weighted by atomic mass is 32.1. The molecule has 0 aliphatic carbocycles. The van der Waals surface area contributed by atoms with Crippen LogP contribution in [0.1, 0.15) is 11.6 Å². The summed E-state index contributed by atoms with van der Waals surface area (Å²) in [4.78, 5) is 0.828. The van der Waals surface area contributed by atoms with E-state index in [1.165, 1.54) is 0 Å². The molecule has 11 heavy (non-hydrogen) atoms. The highest BCUT2D eigenvalue weighted by Crippen LogP contribution is 2.18. The number of hydrogen-bond acceptors (Lipinski definition) is 3. The summed E-state index contributed by atoms with van der Waals surface area (Å²) in [6.45, 7) is -0.0441. The van der Waals surface area contributed by atoms with E-state index in [2.05, 4.69) is 12.6 Å². The predicted molar refractivity (Wildman–Crippen MR) is 47.7 cm³/mol. The Balaban J connectivity index is 2.93. The molecule has 60 valence electrons. The molecule has 0 bridgehead atoms. The molecule has 3 N–H and O–H groups in total. The number of nitrogens with two attached hydrogens (primary N) is 1. The molecule has 0 aromatic heterocycles. The molecule has 1 rings (SSSR count). The third kappa shape index (κ3) is 1.96. The highest BCUT2D eigenvalue weighted by Gasteiger charge is 2.05. The maximum atomic E-state index is 8.75. The number of hydrogen-bond donors (Lipinski definition) is 3. The van der Waals surface area contributed by atoms with Crippen molar-refractivity contribution in [2.24, 2.45) is 5.73 Å². The smallest absolute Gasteiger partial charge is 0.0624 e. The zero-order valence-electron chi connectivity index (χ0n) is 6.07. The molecule has 0 amide bonds. The van der Waals surface area contributed by atoms with Crippen molar-refractivity contribution in [3.05, 3.63) is 29.8 Å². The van der Waals surface area contributed by atoms with Gasteiger partial charge in [0, 0.05) is 4.90 Å². The van der Waals surface area contributed by atoms with Crippen molar-refractivity contribution in [2.45, 2.75) is 10.9 Å². The lowest BCUT2D eigenvalue weighted by Crippen LogP contribution is -2.14. The van der Waals surface area contributed by atoms with Crippen LogP contribution in [0, 0.1) is 0 Å². The molecule has 1 aromatic rings. The van der Waals surface area contributed by atoms with Gasteiger partial charge in [0.15, 0.2) is 0 Å². The number of aliphatic hydroxyl groups excluding tert-OH is 1. The van der Waals surface area contributed by atoms with Crippen molar-refractivity contribution < 1.29 is 5.11 Å². The van der Waals surface area contributed by atoms with E-state index >= 15 is 0 Å². The maximum Gasteiger partial charge on any atom is 0.0624 e. The summed E-state index contributed by atoms with van der Waals surface area (Å²) in [6.07, 6.45) is 0. The van der Waals surface area contributed by atoms with Gasteiger partial charge in [-0.3, -0.25) is 0 Å². The third-order valence-electron chi connectivity index (χ3n) is 1.53. The minimum absolute atomic E-state index is 0.0441. The molecular formula is C8H11NOS. The fourth-order valence-corrected chi connectivity index (χ4v) is 1.23. The van der Waals surface area contributed by atoms with Crippen LogP contribution >= 0.6 is 12.6 Å². The average molecular weight is 169 g/mol. The van der Waals surface area contributed by atoms with E-state index in [1.54, 1.807) is 0 Å². The third-order valence-corrected chi connectivity index (χ3v) is 1.94. The van der Waals surface area contributed by atoms with Crippen molar-refractivity contribution in [3.63, 3.8) is 0 Å².